The first-order chi connectivity index (χ1) is 17.9. The Morgan fingerprint density at radius 3 is 2.68 bits per heavy atom. The Morgan fingerprint density at radius 1 is 1.22 bits per heavy atom. The summed E-state index contributed by atoms with van der Waals surface area (Å²) >= 11 is 7.65. The number of hydrogen-bond acceptors (Lipinski definition) is 9. The Kier molecular flexibility index (Phi) is 6.70. The molecule has 0 aliphatic carbocycles. The van der Waals surface area contributed by atoms with Crippen molar-refractivity contribution >= 4 is 35.0 Å². The molecule has 0 saturated heterocycles. The van der Waals surface area contributed by atoms with Crippen molar-refractivity contribution in [2.24, 2.45) is 4.99 Å². The van der Waals surface area contributed by atoms with Gasteiger partial charge in [-0.3, -0.25) is 9.36 Å². The molecule has 5 rings (SSSR count). The average molecular weight is 543 g/mol. The number of thiazole rings is 1. The van der Waals surface area contributed by atoms with Crippen LogP contribution in [0.2, 0.25) is 5.02 Å². The first kappa shape index (κ1) is 24.9. The van der Waals surface area contributed by atoms with Gasteiger partial charge in [-0.05, 0) is 43.7 Å². The van der Waals surface area contributed by atoms with E-state index in [0.717, 1.165) is 0 Å². The molecule has 1 unspecified atom stereocenters. The van der Waals surface area contributed by atoms with Gasteiger partial charge in [-0.15, -0.1) is 0 Å². The molecule has 0 saturated carbocycles. The van der Waals surface area contributed by atoms with Crippen LogP contribution in [-0.4, -0.2) is 38.2 Å². The first-order valence-corrected chi connectivity index (χ1v) is 12.6. The van der Waals surface area contributed by atoms with E-state index in [4.69, 9.17) is 35.3 Å². The Balaban J connectivity index is 1.74. The van der Waals surface area contributed by atoms with Crippen molar-refractivity contribution in [2.75, 3.05) is 27.6 Å². The lowest BCUT2D eigenvalue weighted by Crippen LogP contribution is -2.40. The number of halogens is 1. The smallest absolute Gasteiger partial charge is 0.338 e. The van der Waals surface area contributed by atoms with E-state index in [0.29, 0.717) is 54.2 Å². The van der Waals surface area contributed by atoms with E-state index in [2.05, 4.69) is 4.99 Å². The summed E-state index contributed by atoms with van der Waals surface area (Å²) in [5.74, 6) is 1.56. The number of carbonyl (C=O) groups is 1. The molecule has 0 radical (unpaired) electrons. The van der Waals surface area contributed by atoms with Gasteiger partial charge in [0, 0.05) is 17.7 Å². The van der Waals surface area contributed by atoms with Crippen LogP contribution in [-0.2, 0) is 9.53 Å². The van der Waals surface area contributed by atoms with Crippen LogP contribution in [0, 0.1) is 0 Å². The quantitative estimate of drug-likeness (QED) is 0.441. The molecule has 37 heavy (non-hydrogen) atoms. The number of allylic oxidation sites excluding steroid dienone is 1. The van der Waals surface area contributed by atoms with E-state index in [1.165, 1.54) is 23.0 Å². The lowest BCUT2D eigenvalue weighted by atomic mass is 9.95. The highest BCUT2D eigenvalue weighted by atomic mass is 35.5. The molecule has 192 valence electrons. The topological polar surface area (TPSA) is 97.6 Å². The van der Waals surface area contributed by atoms with Crippen molar-refractivity contribution in [3.8, 4) is 23.0 Å². The minimum atomic E-state index is -0.828. The second-order valence-corrected chi connectivity index (χ2v) is 9.55. The lowest BCUT2D eigenvalue weighted by molar-refractivity contribution is -0.139. The number of carbonyl (C=O) groups excluding carboxylic acids is 1. The van der Waals surface area contributed by atoms with E-state index in [-0.39, 0.29) is 24.5 Å². The van der Waals surface area contributed by atoms with Gasteiger partial charge in [-0.1, -0.05) is 22.9 Å². The second-order valence-electron chi connectivity index (χ2n) is 8.14. The van der Waals surface area contributed by atoms with Gasteiger partial charge >= 0.3 is 5.97 Å². The van der Waals surface area contributed by atoms with Crippen molar-refractivity contribution in [1.82, 2.24) is 4.57 Å². The molecule has 3 aromatic rings. The van der Waals surface area contributed by atoms with Crippen molar-refractivity contribution in [1.29, 1.82) is 0 Å². The minimum Gasteiger partial charge on any atom is -0.497 e. The zero-order chi connectivity index (χ0) is 26.3. The number of benzene rings is 2. The monoisotopic (exact) mass is 542 g/mol. The summed E-state index contributed by atoms with van der Waals surface area (Å²) in [4.78, 5) is 32.0. The molecule has 0 amide bonds. The minimum absolute atomic E-state index is 0.108. The normalized spacial score (nSPS) is 16.4. The average Bonchev–Trinajstić information content (AvgIpc) is 3.46. The summed E-state index contributed by atoms with van der Waals surface area (Å²) in [7, 11) is 3.07. The van der Waals surface area contributed by atoms with Gasteiger partial charge in [0.15, 0.2) is 16.3 Å². The molecule has 1 atom stereocenters. The molecular weight excluding hydrogens is 520 g/mol. The molecule has 2 aromatic carbocycles. The fourth-order valence-corrected chi connectivity index (χ4v) is 5.56. The van der Waals surface area contributed by atoms with Gasteiger partial charge in [0.25, 0.3) is 5.56 Å². The Labute approximate surface area is 220 Å². The molecule has 2 aliphatic rings. The van der Waals surface area contributed by atoms with Crippen molar-refractivity contribution in [3.05, 3.63) is 77.4 Å². The van der Waals surface area contributed by atoms with Crippen LogP contribution in [0.25, 0.3) is 6.08 Å². The van der Waals surface area contributed by atoms with Gasteiger partial charge in [-0.2, -0.15) is 0 Å². The first-order valence-electron chi connectivity index (χ1n) is 11.4. The van der Waals surface area contributed by atoms with Crippen molar-refractivity contribution in [3.63, 3.8) is 0 Å². The SMILES string of the molecule is CCOC(=O)C1=C(C)N=c2s/c(=C/c3cc4c(cc3Cl)OCO4)c(=O)n2C1c1ccc(OC)cc1OC. The van der Waals surface area contributed by atoms with E-state index in [1.807, 2.05) is 0 Å². The number of nitrogens with zero attached hydrogens (tertiary/aromatic N) is 2. The zero-order valence-electron chi connectivity index (χ0n) is 20.5. The summed E-state index contributed by atoms with van der Waals surface area (Å²) in [6.07, 6.45) is 1.68. The fourth-order valence-electron chi connectivity index (χ4n) is 4.31. The van der Waals surface area contributed by atoms with Gasteiger partial charge in [-0.25, -0.2) is 9.79 Å². The Morgan fingerprint density at radius 2 is 1.97 bits per heavy atom. The number of esters is 1. The molecule has 3 heterocycles. The largest absolute Gasteiger partial charge is 0.497 e. The van der Waals surface area contributed by atoms with E-state index in [9.17, 15) is 9.59 Å². The zero-order valence-corrected chi connectivity index (χ0v) is 22.1. The van der Waals surface area contributed by atoms with Crippen molar-refractivity contribution in [2.45, 2.75) is 19.9 Å². The molecule has 0 bridgehead atoms. The van der Waals surface area contributed by atoms with Gasteiger partial charge in [0.1, 0.15) is 17.5 Å². The summed E-state index contributed by atoms with van der Waals surface area (Å²) in [6.45, 7) is 3.73. The van der Waals surface area contributed by atoms with Crippen LogP contribution >= 0.6 is 22.9 Å². The predicted molar refractivity (Wildman–Crippen MR) is 138 cm³/mol. The molecule has 0 spiro atoms. The second kappa shape index (κ2) is 9.95. The summed E-state index contributed by atoms with van der Waals surface area (Å²) in [5.41, 5.74) is 1.56. The highest BCUT2D eigenvalue weighted by Crippen LogP contribution is 2.38. The Hall–Kier alpha value is -3.76. The van der Waals surface area contributed by atoms with Crippen LogP contribution in [0.5, 0.6) is 23.0 Å². The predicted octanol–water partition coefficient (Wildman–Crippen LogP) is 3.20. The molecule has 0 N–H and O–H groups in total. The number of ether oxygens (including phenoxy) is 5. The maximum atomic E-state index is 13.8. The Bertz CT molecular complexity index is 1620. The third kappa shape index (κ3) is 4.36. The molecule has 9 nitrogen and oxygen atoms in total. The van der Waals surface area contributed by atoms with Crippen molar-refractivity contribution < 1.29 is 28.5 Å². The van der Waals surface area contributed by atoms with Crippen LogP contribution < -0.4 is 33.8 Å². The molecular formula is C26H23ClN2O7S. The lowest BCUT2D eigenvalue weighted by Gasteiger charge is -2.26. The number of rotatable bonds is 6. The van der Waals surface area contributed by atoms with E-state index >= 15 is 0 Å². The summed E-state index contributed by atoms with van der Waals surface area (Å²) in [6, 6.07) is 7.77. The standard InChI is InChI=1S/C26H23ClN2O7S/c1-5-34-25(31)22-13(2)28-26-29(23(22)16-7-6-15(32-3)10-18(16)33-4)24(30)21(37-26)9-14-8-19-20(11-17(14)27)36-12-35-19/h6-11,23H,5,12H2,1-4H3/b21-9+. The van der Waals surface area contributed by atoms with Gasteiger partial charge < -0.3 is 23.7 Å². The molecule has 2 aliphatic heterocycles. The number of aromatic nitrogens is 1. The number of fused-ring (bicyclic) bond motifs is 2. The van der Waals surface area contributed by atoms with Crippen LogP contribution in [0.3, 0.4) is 0 Å². The summed E-state index contributed by atoms with van der Waals surface area (Å²) in [5, 5.41) is 0.409. The fraction of sp³-hybridized carbons (Fsp3) is 0.269. The van der Waals surface area contributed by atoms with E-state index in [1.54, 1.807) is 57.4 Å². The van der Waals surface area contributed by atoms with Gasteiger partial charge in [0.05, 0.1) is 41.7 Å². The number of hydrogen-bond donors (Lipinski definition) is 0. The highest BCUT2D eigenvalue weighted by molar-refractivity contribution is 7.07. The van der Waals surface area contributed by atoms with Gasteiger partial charge in [0.2, 0.25) is 6.79 Å². The maximum absolute atomic E-state index is 13.8. The third-order valence-corrected chi connectivity index (χ3v) is 7.34. The van der Waals surface area contributed by atoms with Crippen LogP contribution in [0.1, 0.15) is 31.0 Å². The number of methoxy groups -OCH3 is 2. The molecule has 1 aromatic heterocycles. The molecule has 0 fully saturated rings. The summed E-state index contributed by atoms with van der Waals surface area (Å²) < 4.78 is 29.0. The molecule has 11 heteroatoms. The highest BCUT2D eigenvalue weighted by Gasteiger charge is 2.35. The van der Waals surface area contributed by atoms with Crippen LogP contribution in [0.4, 0.5) is 0 Å². The third-order valence-electron chi connectivity index (χ3n) is 6.03. The maximum Gasteiger partial charge on any atom is 0.338 e. The van der Waals surface area contributed by atoms with Crippen LogP contribution in [0.15, 0.2) is 51.4 Å². The van der Waals surface area contributed by atoms with E-state index < -0.39 is 12.0 Å².